The highest BCUT2D eigenvalue weighted by Gasteiger charge is 2.29. The molecule has 1 aliphatic rings. The second-order valence-corrected chi connectivity index (χ2v) is 9.87. The number of oxazole rings is 1. The first-order valence-corrected chi connectivity index (χ1v) is 11.1. The maximum atomic E-state index is 12.6. The second kappa shape index (κ2) is 8.54. The fourth-order valence-corrected chi connectivity index (χ4v) is 4.42. The molecule has 1 N–H and O–H groups in total. The number of piperazine rings is 1. The standard InChI is InChI=1S/C18H28N6O4S/c1-18(2,3)15-11-20-16(28-15)12-21-17(19-4)23-6-8-24(9-7-23)29(25,26)13-14-5-10-27-22-14/h5,10-11H,6-9,12-13H2,1-4H3,(H,19,21). The number of hydrogen-bond donors (Lipinski definition) is 1. The molecule has 0 radical (unpaired) electrons. The first-order chi connectivity index (χ1) is 13.7. The Hall–Kier alpha value is -2.40. The van der Waals surface area contributed by atoms with E-state index in [0.29, 0.717) is 50.3 Å². The van der Waals surface area contributed by atoms with Crippen molar-refractivity contribution in [1.29, 1.82) is 0 Å². The molecular formula is C18H28N6O4S. The van der Waals surface area contributed by atoms with E-state index in [1.807, 2.05) is 4.90 Å². The lowest BCUT2D eigenvalue weighted by molar-refractivity contribution is 0.259. The number of guanidine groups is 1. The summed E-state index contributed by atoms with van der Waals surface area (Å²) in [6, 6.07) is 1.56. The molecule has 1 aliphatic heterocycles. The molecule has 0 amide bonds. The highest BCUT2D eigenvalue weighted by molar-refractivity contribution is 7.88. The summed E-state index contributed by atoms with van der Waals surface area (Å²) >= 11 is 0. The van der Waals surface area contributed by atoms with Gasteiger partial charge in [0, 0.05) is 44.7 Å². The number of rotatable bonds is 5. The first-order valence-electron chi connectivity index (χ1n) is 9.47. The molecule has 2 aromatic rings. The summed E-state index contributed by atoms with van der Waals surface area (Å²) in [4.78, 5) is 10.6. The third-order valence-corrected chi connectivity index (χ3v) is 6.47. The zero-order valence-corrected chi connectivity index (χ0v) is 18.1. The van der Waals surface area contributed by atoms with Crippen LogP contribution >= 0.6 is 0 Å². The van der Waals surface area contributed by atoms with E-state index < -0.39 is 10.0 Å². The summed E-state index contributed by atoms with van der Waals surface area (Å²) in [7, 11) is -1.73. The lowest BCUT2D eigenvalue weighted by Gasteiger charge is -2.35. The summed E-state index contributed by atoms with van der Waals surface area (Å²) in [6.07, 6.45) is 3.12. The Kier molecular flexibility index (Phi) is 6.27. The Morgan fingerprint density at radius 1 is 1.28 bits per heavy atom. The quantitative estimate of drug-likeness (QED) is 0.562. The summed E-state index contributed by atoms with van der Waals surface area (Å²) in [5, 5.41) is 6.93. The van der Waals surface area contributed by atoms with Crippen molar-refractivity contribution >= 4 is 16.0 Å². The van der Waals surface area contributed by atoms with Gasteiger partial charge in [-0.3, -0.25) is 4.99 Å². The topological polar surface area (TPSA) is 117 Å². The van der Waals surface area contributed by atoms with E-state index in [9.17, 15) is 8.42 Å². The van der Waals surface area contributed by atoms with Gasteiger partial charge in [-0.2, -0.15) is 4.31 Å². The number of hydrogen-bond acceptors (Lipinski definition) is 7. The van der Waals surface area contributed by atoms with Crippen LogP contribution < -0.4 is 5.32 Å². The van der Waals surface area contributed by atoms with Crippen molar-refractivity contribution in [3.05, 3.63) is 35.9 Å². The van der Waals surface area contributed by atoms with Gasteiger partial charge < -0.3 is 19.2 Å². The number of nitrogens with zero attached hydrogens (tertiary/aromatic N) is 5. The summed E-state index contributed by atoms with van der Waals surface area (Å²) < 4.78 is 37.1. The fraction of sp³-hybridized carbons (Fsp3) is 0.611. The van der Waals surface area contributed by atoms with Crippen LogP contribution in [0.3, 0.4) is 0 Å². The van der Waals surface area contributed by atoms with E-state index in [0.717, 1.165) is 5.76 Å². The molecule has 1 fully saturated rings. The van der Waals surface area contributed by atoms with Crippen LogP contribution in [-0.4, -0.2) is 66.9 Å². The van der Waals surface area contributed by atoms with Crippen LogP contribution in [0, 0.1) is 0 Å². The smallest absolute Gasteiger partial charge is 0.220 e. The van der Waals surface area contributed by atoms with E-state index in [1.54, 1.807) is 19.3 Å². The highest BCUT2D eigenvalue weighted by atomic mass is 32.2. The Labute approximate surface area is 171 Å². The Morgan fingerprint density at radius 2 is 2.00 bits per heavy atom. The molecule has 29 heavy (non-hydrogen) atoms. The molecule has 11 heteroatoms. The lowest BCUT2D eigenvalue weighted by Crippen LogP contribution is -2.53. The van der Waals surface area contributed by atoms with Gasteiger partial charge in [0.15, 0.2) is 5.96 Å². The van der Waals surface area contributed by atoms with Gasteiger partial charge in [0.2, 0.25) is 15.9 Å². The molecule has 0 spiro atoms. The van der Waals surface area contributed by atoms with Crippen LogP contribution in [0.15, 0.2) is 32.5 Å². The largest absolute Gasteiger partial charge is 0.443 e. The molecule has 10 nitrogen and oxygen atoms in total. The highest BCUT2D eigenvalue weighted by Crippen LogP contribution is 2.22. The molecule has 0 bridgehead atoms. The van der Waals surface area contributed by atoms with Crippen molar-refractivity contribution in [2.45, 2.75) is 38.5 Å². The van der Waals surface area contributed by atoms with E-state index in [2.05, 4.69) is 41.2 Å². The van der Waals surface area contributed by atoms with Gasteiger partial charge in [-0.05, 0) is 0 Å². The van der Waals surface area contributed by atoms with Crippen molar-refractivity contribution in [3.63, 3.8) is 0 Å². The van der Waals surface area contributed by atoms with Crippen LogP contribution in [0.4, 0.5) is 0 Å². The molecule has 3 rings (SSSR count). The van der Waals surface area contributed by atoms with Crippen LogP contribution in [-0.2, 0) is 27.7 Å². The molecule has 0 aromatic carbocycles. The summed E-state index contributed by atoms with van der Waals surface area (Å²) in [6.45, 7) is 8.46. The normalized spacial score (nSPS) is 17.0. The number of aliphatic imine (C=N–C) groups is 1. The average Bonchev–Trinajstić information content (AvgIpc) is 3.34. The summed E-state index contributed by atoms with van der Waals surface area (Å²) in [5.74, 6) is 1.95. The fourth-order valence-electron chi connectivity index (χ4n) is 2.99. The molecule has 0 aliphatic carbocycles. The van der Waals surface area contributed by atoms with Gasteiger partial charge >= 0.3 is 0 Å². The van der Waals surface area contributed by atoms with Crippen LogP contribution in [0.25, 0.3) is 0 Å². The molecule has 0 unspecified atom stereocenters. The number of nitrogens with one attached hydrogen (secondary N) is 1. The molecule has 0 atom stereocenters. The van der Waals surface area contributed by atoms with Crippen LogP contribution in [0.1, 0.15) is 38.1 Å². The van der Waals surface area contributed by atoms with Gasteiger partial charge in [-0.25, -0.2) is 13.4 Å². The molecule has 0 saturated carbocycles. The minimum atomic E-state index is -3.43. The first kappa shape index (κ1) is 21.3. The van der Waals surface area contributed by atoms with Crippen molar-refractivity contribution < 1.29 is 17.4 Å². The summed E-state index contributed by atoms with van der Waals surface area (Å²) in [5.41, 5.74) is 0.311. The average molecular weight is 425 g/mol. The predicted octanol–water partition coefficient (Wildman–Crippen LogP) is 1.18. The van der Waals surface area contributed by atoms with Crippen molar-refractivity contribution in [2.24, 2.45) is 4.99 Å². The van der Waals surface area contributed by atoms with Crippen molar-refractivity contribution in [1.82, 2.24) is 24.7 Å². The third kappa shape index (κ3) is 5.36. The molecule has 1 saturated heterocycles. The molecule has 160 valence electrons. The van der Waals surface area contributed by atoms with Crippen molar-refractivity contribution in [3.8, 4) is 0 Å². The SMILES string of the molecule is CN=C(NCc1ncc(C(C)(C)C)o1)N1CCN(S(=O)(=O)Cc2ccon2)CC1. The maximum absolute atomic E-state index is 12.6. The zero-order valence-electron chi connectivity index (χ0n) is 17.3. The molecule has 3 heterocycles. The van der Waals surface area contributed by atoms with Gasteiger partial charge in [-0.1, -0.05) is 25.9 Å². The maximum Gasteiger partial charge on any atom is 0.220 e. The van der Waals surface area contributed by atoms with E-state index in [-0.39, 0.29) is 11.2 Å². The van der Waals surface area contributed by atoms with Crippen LogP contribution in [0.2, 0.25) is 0 Å². The molecular weight excluding hydrogens is 396 g/mol. The zero-order chi connectivity index (χ0) is 21.1. The Morgan fingerprint density at radius 3 is 2.55 bits per heavy atom. The van der Waals surface area contributed by atoms with Gasteiger partial charge in [0.25, 0.3) is 0 Å². The van der Waals surface area contributed by atoms with E-state index in [1.165, 1.54) is 10.6 Å². The number of sulfonamides is 1. The predicted molar refractivity (Wildman–Crippen MR) is 108 cm³/mol. The monoisotopic (exact) mass is 424 g/mol. The number of aromatic nitrogens is 2. The van der Waals surface area contributed by atoms with Crippen LogP contribution in [0.5, 0.6) is 0 Å². The van der Waals surface area contributed by atoms with Gasteiger partial charge in [-0.15, -0.1) is 0 Å². The lowest BCUT2D eigenvalue weighted by atomic mass is 9.94. The Balaban J connectivity index is 1.53. The Bertz CT molecular complexity index is 922. The minimum absolute atomic E-state index is 0.0965. The second-order valence-electron chi connectivity index (χ2n) is 7.90. The van der Waals surface area contributed by atoms with E-state index >= 15 is 0 Å². The minimum Gasteiger partial charge on any atom is -0.443 e. The van der Waals surface area contributed by atoms with E-state index in [4.69, 9.17) is 8.94 Å². The van der Waals surface area contributed by atoms with Crippen molar-refractivity contribution in [2.75, 3.05) is 33.2 Å². The van der Waals surface area contributed by atoms with Gasteiger partial charge in [0.1, 0.15) is 17.8 Å². The third-order valence-electron chi connectivity index (χ3n) is 4.66. The van der Waals surface area contributed by atoms with Gasteiger partial charge in [0.05, 0.1) is 18.4 Å². The molecule has 2 aromatic heterocycles.